The molecule has 2 aliphatic heterocycles. The molecule has 1 fully saturated rings. The van der Waals surface area contributed by atoms with Gasteiger partial charge >= 0.3 is 5.97 Å². The normalized spacial score (nSPS) is 16.8. The number of hydrogen-bond donors (Lipinski definition) is 0. The van der Waals surface area contributed by atoms with Crippen LogP contribution in [0.15, 0.2) is 71.6 Å². The molecule has 1 saturated heterocycles. The number of benzene rings is 3. The number of hydrogen-bond acceptors (Lipinski definition) is 8. The molecule has 1 unspecified atom stereocenters. The Hall–Kier alpha value is -4.29. The largest absolute Gasteiger partial charge is 0.465 e. The van der Waals surface area contributed by atoms with Crippen LogP contribution < -0.4 is 14.4 Å². The minimum atomic E-state index is -4.36. The number of carbonyl (C=O) groups is 3. The van der Waals surface area contributed by atoms with E-state index in [-0.39, 0.29) is 29.5 Å². The predicted molar refractivity (Wildman–Crippen MR) is 130 cm³/mol. The summed E-state index contributed by atoms with van der Waals surface area (Å²) in [4.78, 5) is 38.9. The quantitative estimate of drug-likeness (QED) is 0.332. The third-order valence-electron chi connectivity index (χ3n) is 6.21. The molecular formula is C26H21FN2O8S. The highest BCUT2D eigenvalue weighted by Crippen LogP contribution is 2.35. The lowest BCUT2D eigenvalue weighted by Gasteiger charge is -2.27. The first-order chi connectivity index (χ1) is 18.2. The molecule has 196 valence electrons. The van der Waals surface area contributed by atoms with E-state index in [4.69, 9.17) is 9.47 Å². The molecule has 0 aliphatic carbocycles. The SMILES string of the molecule is COC(=O)c1ccc(N2C(=O)CC(N(Cc3ccc4c(c3)OCO4)S(=O)(=O)c3ccc(F)cc3)C2=O)cc1. The Kier molecular flexibility index (Phi) is 6.59. The first-order valence-corrected chi connectivity index (χ1v) is 12.8. The Bertz CT molecular complexity index is 1520. The summed E-state index contributed by atoms with van der Waals surface area (Å²) < 4.78 is 57.3. The fourth-order valence-electron chi connectivity index (χ4n) is 4.30. The smallest absolute Gasteiger partial charge is 0.337 e. The van der Waals surface area contributed by atoms with Crippen LogP contribution in [0.3, 0.4) is 0 Å². The highest BCUT2D eigenvalue weighted by Gasteiger charge is 2.47. The molecule has 0 bridgehead atoms. The van der Waals surface area contributed by atoms with E-state index >= 15 is 0 Å². The van der Waals surface area contributed by atoms with Crippen LogP contribution in [0.25, 0.3) is 0 Å². The molecule has 38 heavy (non-hydrogen) atoms. The maximum atomic E-state index is 13.7. The molecule has 0 aromatic heterocycles. The number of sulfonamides is 1. The van der Waals surface area contributed by atoms with Crippen LogP contribution in [-0.4, -0.2) is 50.5 Å². The predicted octanol–water partition coefficient (Wildman–Crippen LogP) is 2.86. The van der Waals surface area contributed by atoms with Gasteiger partial charge in [-0.25, -0.2) is 22.5 Å². The Morgan fingerprint density at radius 3 is 2.39 bits per heavy atom. The molecule has 0 N–H and O–H groups in total. The van der Waals surface area contributed by atoms with E-state index in [2.05, 4.69) is 4.74 Å². The lowest BCUT2D eigenvalue weighted by atomic mass is 10.1. The minimum Gasteiger partial charge on any atom is -0.465 e. The standard InChI is InChI=1S/C26H21FN2O8S/c1-35-26(32)17-3-7-19(8-4-17)29-24(30)13-21(25(29)31)28(38(33,34)20-9-5-18(27)6-10-20)14-16-2-11-22-23(12-16)37-15-36-22/h2-12,21H,13-15H2,1H3. The van der Waals surface area contributed by atoms with Gasteiger partial charge in [0.05, 0.1) is 29.7 Å². The van der Waals surface area contributed by atoms with Gasteiger partial charge in [-0.1, -0.05) is 6.07 Å². The highest BCUT2D eigenvalue weighted by molar-refractivity contribution is 7.89. The second-order valence-electron chi connectivity index (χ2n) is 8.52. The molecule has 12 heteroatoms. The van der Waals surface area contributed by atoms with Crippen LogP contribution in [-0.2, 0) is 30.9 Å². The fourth-order valence-corrected chi connectivity index (χ4v) is 5.87. The van der Waals surface area contributed by atoms with Crippen molar-refractivity contribution in [2.45, 2.75) is 23.9 Å². The number of amides is 2. The molecule has 3 aromatic rings. The average molecular weight is 541 g/mol. The van der Waals surface area contributed by atoms with Gasteiger partial charge in [0.2, 0.25) is 22.7 Å². The zero-order valence-electron chi connectivity index (χ0n) is 20.0. The summed E-state index contributed by atoms with van der Waals surface area (Å²) in [7, 11) is -3.14. The monoisotopic (exact) mass is 540 g/mol. The third kappa shape index (κ3) is 4.59. The van der Waals surface area contributed by atoms with Crippen LogP contribution in [0.5, 0.6) is 11.5 Å². The summed E-state index contributed by atoms with van der Waals surface area (Å²) in [5.74, 6) is -1.67. The molecule has 0 spiro atoms. The van der Waals surface area contributed by atoms with Crippen LogP contribution in [0, 0.1) is 5.82 Å². The summed E-state index contributed by atoms with van der Waals surface area (Å²) in [5, 5.41) is 0. The van der Waals surface area contributed by atoms with Crippen molar-refractivity contribution < 1.29 is 41.4 Å². The third-order valence-corrected chi connectivity index (χ3v) is 8.08. The Labute approximate surface area is 217 Å². The molecule has 3 aromatic carbocycles. The number of ether oxygens (including phenoxy) is 3. The van der Waals surface area contributed by atoms with Gasteiger partial charge in [0.25, 0.3) is 5.91 Å². The molecule has 2 amide bonds. The zero-order valence-corrected chi connectivity index (χ0v) is 20.8. The number of rotatable bonds is 7. The molecular weight excluding hydrogens is 519 g/mol. The van der Waals surface area contributed by atoms with Crippen molar-refractivity contribution in [3.05, 3.63) is 83.7 Å². The Balaban J connectivity index is 1.51. The maximum Gasteiger partial charge on any atom is 0.337 e. The van der Waals surface area contributed by atoms with E-state index < -0.39 is 46.1 Å². The number of nitrogens with zero attached hydrogens (tertiary/aromatic N) is 2. The Morgan fingerprint density at radius 1 is 1.03 bits per heavy atom. The van der Waals surface area contributed by atoms with Gasteiger partial charge in [-0.3, -0.25) is 9.59 Å². The second kappa shape index (κ2) is 9.88. The molecule has 2 heterocycles. The highest BCUT2D eigenvalue weighted by atomic mass is 32.2. The van der Waals surface area contributed by atoms with Crippen molar-refractivity contribution in [3.8, 4) is 11.5 Å². The lowest BCUT2D eigenvalue weighted by Crippen LogP contribution is -2.45. The van der Waals surface area contributed by atoms with Gasteiger partial charge in [0.15, 0.2) is 11.5 Å². The number of anilines is 1. The molecule has 10 nitrogen and oxygen atoms in total. The van der Waals surface area contributed by atoms with Crippen molar-refractivity contribution >= 4 is 33.5 Å². The van der Waals surface area contributed by atoms with Gasteiger partial charge in [-0.15, -0.1) is 0 Å². The number of imide groups is 1. The van der Waals surface area contributed by atoms with E-state index in [1.165, 1.54) is 31.4 Å². The molecule has 0 radical (unpaired) electrons. The summed E-state index contributed by atoms with van der Waals surface area (Å²) in [6.45, 7) is -0.245. The van der Waals surface area contributed by atoms with Gasteiger partial charge in [0.1, 0.15) is 11.9 Å². The summed E-state index contributed by atoms with van der Waals surface area (Å²) in [6, 6.07) is 13.3. The van der Waals surface area contributed by atoms with Crippen LogP contribution in [0.4, 0.5) is 10.1 Å². The number of fused-ring (bicyclic) bond motifs is 1. The van der Waals surface area contributed by atoms with Gasteiger partial charge in [0, 0.05) is 6.54 Å². The van der Waals surface area contributed by atoms with Crippen molar-refractivity contribution in [2.75, 3.05) is 18.8 Å². The first-order valence-electron chi connectivity index (χ1n) is 11.4. The van der Waals surface area contributed by atoms with E-state index in [1.54, 1.807) is 18.2 Å². The average Bonchev–Trinajstić information content (AvgIpc) is 3.50. The number of carbonyl (C=O) groups excluding carboxylic acids is 3. The fraction of sp³-hybridized carbons (Fsp3) is 0.192. The van der Waals surface area contributed by atoms with Crippen LogP contribution in [0.2, 0.25) is 0 Å². The zero-order chi connectivity index (χ0) is 27.0. The van der Waals surface area contributed by atoms with Crippen LogP contribution in [0.1, 0.15) is 22.3 Å². The molecule has 0 saturated carbocycles. The van der Waals surface area contributed by atoms with Crippen molar-refractivity contribution in [2.24, 2.45) is 0 Å². The molecule has 5 rings (SSSR count). The summed E-state index contributed by atoms with van der Waals surface area (Å²) in [6.07, 6.45) is -0.414. The van der Waals surface area contributed by atoms with E-state index in [0.717, 1.165) is 33.5 Å². The van der Waals surface area contributed by atoms with E-state index in [1.807, 2.05) is 0 Å². The van der Waals surface area contributed by atoms with Gasteiger partial charge in [-0.05, 0) is 66.2 Å². The lowest BCUT2D eigenvalue weighted by molar-refractivity contribution is -0.122. The van der Waals surface area contributed by atoms with Crippen molar-refractivity contribution in [3.63, 3.8) is 0 Å². The second-order valence-corrected chi connectivity index (χ2v) is 10.4. The number of halogens is 1. The minimum absolute atomic E-state index is 0.0235. The van der Waals surface area contributed by atoms with E-state index in [0.29, 0.717) is 17.1 Å². The topological polar surface area (TPSA) is 120 Å². The van der Waals surface area contributed by atoms with E-state index in [9.17, 15) is 27.2 Å². The Morgan fingerprint density at radius 2 is 1.71 bits per heavy atom. The number of esters is 1. The summed E-state index contributed by atoms with van der Waals surface area (Å²) in [5.41, 5.74) is 0.883. The van der Waals surface area contributed by atoms with Gasteiger partial charge in [-0.2, -0.15) is 4.31 Å². The maximum absolute atomic E-state index is 13.7. The van der Waals surface area contributed by atoms with Crippen molar-refractivity contribution in [1.29, 1.82) is 0 Å². The van der Waals surface area contributed by atoms with Gasteiger partial charge < -0.3 is 14.2 Å². The van der Waals surface area contributed by atoms with Crippen LogP contribution >= 0.6 is 0 Å². The molecule has 1 atom stereocenters. The first kappa shape index (κ1) is 25.4. The van der Waals surface area contributed by atoms with Crippen molar-refractivity contribution in [1.82, 2.24) is 4.31 Å². The molecule has 2 aliphatic rings. The number of methoxy groups -OCH3 is 1. The summed E-state index contributed by atoms with van der Waals surface area (Å²) >= 11 is 0.